The van der Waals surface area contributed by atoms with Crippen LogP contribution in [0.4, 0.5) is 0 Å². The Morgan fingerprint density at radius 3 is 2.81 bits per heavy atom. The number of carbonyl (C=O) groups excluding carboxylic acids is 1. The third-order valence-corrected chi connectivity index (χ3v) is 3.69. The Bertz CT molecular complexity index is 239. The summed E-state index contributed by atoms with van der Waals surface area (Å²) in [7, 11) is 1.75. The predicted octanol–water partition coefficient (Wildman–Crippen LogP) is 0.812. The first-order valence-corrected chi connectivity index (χ1v) is 6.36. The molecule has 92 valence electrons. The number of methoxy groups -OCH3 is 1. The maximum absolute atomic E-state index is 11.9. The van der Waals surface area contributed by atoms with Gasteiger partial charge in [0.1, 0.15) is 0 Å². The zero-order valence-electron chi connectivity index (χ0n) is 10.00. The van der Waals surface area contributed by atoms with E-state index in [0.29, 0.717) is 12.1 Å². The molecule has 16 heavy (non-hydrogen) atoms. The summed E-state index contributed by atoms with van der Waals surface area (Å²) < 4.78 is 5.30. The first-order chi connectivity index (χ1) is 7.79. The van der Waals surface area contributed by atoms with Gasteiger partial charge in [-0.2, -0.15) is 0 Å². The molecule has 0 aromatic carbocycles. The molecule has 2 unspecified atom stereocenters. The zero-order valence-corrected chi connectivity index (χ0v) is 10.00. The summed E-state index contributed by atoms with van der Waals surface area (Å²) in [6, 6.07) is 0.358. The Kier molecular flexibility index (Phi) is 4.18. The van der Waals surface area contributed by atoms with Gasteiger partial charge < -0.3 is 15.4 Å². The molecule has 1 saturated heterocycles. The van der Waals surface area contributed by atoms with Crippen molar-refractivity contribution in [1.82, 2.24) is 10.6 Å². The summed E-state index contributed by atoms with van der Waals surface area (Å²) in [6.45, 7) is 0.976. The molecular formula is C12H22N2O2. The second kappa shape index (κ2) is 5.64. The molecule has 3 atom stereocenters. The molecule has 2 rings (SSSR count). The Morgan fingerprint density at radius 2 is 2.19 bits per heavy atom. The van der Waals surface area contributed by atoms with Gasteiger partial charge in [-0.05, 0) is 38.6 Å². The first kappa shape index (κ1) is 11.9. The standard InChI is InChI=1S/C12H22N2O2/c1-16-10-6-5-9(8-10)14-12(15)11-4-2-3-7-13-11/h9-11,13H,2-8H2,1H3,(H,14,15)/t9?,10?,11-/m1/s1. The molecule has 1 heterocycles. The van der Waals surface area contributed by atoms with E-state index in [1.165, 1.54) is 6.42 Å². The van der Waals surface area contributed by atoms with Crippen LogP contribution in [0.15, 0.2) is 0 Å². The molecule has 0 bridgehead atoms. The highest BCUT2D eigenvalue weighted by Gasteiger charge is 2.28. The Balaban J connectivity index is 1.74. The highest BCUT2D eigenvalue weighted by Crippen LogP contribution is 2.21. The molecule has 2 fully saturated rings. The molecule has 1 aliphatic carbocycles. The molecule has 4 nitrogen and oxygen atoms in total. The molecular weight excluding hydrogens is 204 g/mol. The molecule has 0 aromatic heterocycles. The Labute approximate surface area is 97.1 Å². The van der Waals surface area contributed by atoms with Gasteiger partial charge in [-0.25, -0.2) is 0 Å². The number of carbonyl (C=O) groups is 1. The van der Waals surface area contributed by atoms with Gasteiger partial charge in [-0.1, -0.05) is 6.42 Å². The number of nitrogens with one attached hydrogen (secondary N) is 2. The van der Waals surface area contributed by atoms with E-state index >= 15 is 0 Å². The quantitative estimate of drug-likeness (QED) is 0.749. The van der Waals surface area contributed by atoms with E-state index in [0.717, 1.165) is 38.6 Å². The van der Waals surface area contributed by atoms with E-state index in [2.05, 4.69) is 10.6 Å². The van der Waals surface area contributed by atoms with Crippen LogP contribution in [0.1, 0.15) is 38.5 Å². The number of ether oxygens (including phenoxy) is 1. The van der Waals surface area contributed by atoms with Gasteiger partial charge in [0.2, 0.25) is 5.91 Å². The van der Waals surface area contributed by atoms with Crippen LogP contribution in [-0.2, 0) is 9.53 Å². The average Bonchev–Trinajstić information content (AvgIpc) is 2.78. The molecule has 2 aliphatic rings. The normalized spacial score (nSPS) is 34.9. The van der Waals surface area contributed by atoms with Crippen molar-refractivity contribution in [3.63, 3.8) is 0 Å². The number of rotatable bonds is 3. The monoisotopic (exact) mass is 226 g/mol. The van der Waals surface area contributed by atoms with Crippen molar-refractivity contribution in [2.45, 2.75) is 56.7 Å². The minimum Gasteiger partial charge on any atom is -0.381 e. The SMILES string of the molecule is COC1CCC(NC(=O)[C@H]2CCCCN2)C1. The van der Waals surface area contributed by atoms with Crippen LogP contribution < -0.4 is 10.6 Å². The number of hydrogen-bond donors (Lipinski definition) is 2. The van der Waals surface area contributed by atoms with E-state index in [9.17, 15) is 4.79 Å². The van der Waals surface area contributed by atoms with Crippen molar-refractivity contribution in [2.24, 2.45) is 0 Å². The summed E-state index contributed by atoms with van der Waals surface area (Å²) in [4.78, 5) is 11.9. The van der Waals surface area contributed by atoms with Crippen LogP contribution in [0.5, 0.6) is 0 Å². The van der Waals surface area contributed by atoms with E-state index in [-0.39, 0.29) is 11.9 Å². The fourth-order valence-corrected chi connectivity index (χ4v) is 2.66. The number of piperidine rings is 1. The number of amides is 1. The molecule has 2 N–H and O–H groups in total. The third kappa shape index (κ3) is 2.95. The molecule has 0 spiro atoms. The van der Waals surface area contributed by atoms with E-state index < -0.39 is 0 Å². The van der Waals surface area contributed by atoms with E-state index in [4.69, 9.17) is 4.74 Å². The maximum atomic E-state index is 11.9. The van der Waals surface area contributed by atoms with Crippen molar-refractivity contribution in [1.29, 1.82) is 0 Å². The second-order valence-corrected chi connectivity index (χ2v) is 4.88. The minimum absolute atomic E-state index is 0.0374. The van der Waals surface area contributed by atoms with Gasteiger partial charge in [0, 0.05) is 13.2 Å². The van der Waals surface area contributed by atoms with Gasteiger partial charge in [0.25, 0.3) is 0 Å². The van der Waals surface area contributed by atoms with Crippen LogP contribution in [0.2, 0.25) is 0 Å². The summed E-state index contributed by atoms with van der Waals surface area (Å²) in [5, 5.41) is 6.41. The van der Waals surface area contributed by atoms with E-state index in [1.807, 2.05) is 0 Å². The second-order valence-electron chi connectivity index (χ2n) is 4.88. The fraction of sp³-hybridized carbons (Fsp3) is 0.917. The smallest absolute Gasteiger partial charge is 0.237 e. The summed E-state index contributed by atoms with van der Waals surface area (Å²) in [5.74, 6) is 0.182. The lowest BCUT2D eigenvalue weighted by atomic mass is 10.0. The van der Waals surface area contributed by atoms with Gasteiger partial charge in [-0.15, -0.1) is 0 Å². The first-order valence-electron chi connectivity index (χ1n) is 6.36. The molecule has 4 heteroatoms. The average molecular weight is 226 g/mol. The van der Waals surface area contributed by atoms with Crippen LogP contribution >= 0.6 is 0 Å². The van der Waals surface area contributed by atoms with Crippen molar-refractivity contribution >= 4 is 5.91 Å². The Morgan fingerprint density at radius 1 is 1.31 bits per heavy atom. The zero-order chi connectivity index (χ0) is 11.4. The lowest BCUT2D eigenvalue weighted by Crippen LogP contribution is -2.49. The van der Waals surface area contributed by atoms with Gasteiger partial charge in [-0.3, -0.25) is 4.79 Å². The van der Waals surface area contributed by atoms with Crippen LogP contribution in [0, 0.1) is 0 Å². The topological polar surface area (TPSA) is 50.4 Å². The van der Waals surface area contributed by atoms with Gasteiger partial charge >= 0.3 is 0 Å². The largest absolute Gasteiger partial charge is 0.381 e. The Hall–Kier alpha value is -0.610. The third-order valence-electron chi connectivity index (χ3n) is 3.69. The highest BCUT2D eigenvalue weighted by molar-refractivity contribution is 5.82. The maximum Gasteiger partial charge on any atom is 0.237 e. The highest BCUT2D eigenvalue weighted by atomic mass is 16.5. The van der Waals surface area contributed by atoms with Crippen molar-refractivity contribution in [3.8, 4) is 0 Å². The van der Waals surface area contributed by atoms with Crippen molar-refractivity contribution in [2.75, 3.05) is 13.7 Å². The predicted molar refractivity (Wildman–Crippen MR) is 62.2 cm³/mol. The van der Waals surface area contributed by atoms with Crippen LogP contribution in [0.25, 0.3) is 0 Å². The van der Waals surface area contributed by atoms with Crippen molar-refractivity contribution in [3.05, 3.63) is 0 Å². The van der Waals surface area contributed by atoms with Crippen LogP contribution in [0.3, 0.4) is 0 Å². The summed E-state index contributed by atoms with van der Waals surface area (Å²) in [6.07, 6.45) is 6.76. The van der Waals surface area contributed by atoms with Gasteiger partial charge in [0.05, 0.1) is 12.1 Å². The molecule has 1 amide bonds. The lowest BCUT2D eigenvalue weighted by molar-refractivity contribution is -0.124. The van der Waals surface area contributed by atoms with E-state index in [1.54, 1.807) is 7.11 Å². The minimum atomic E-state index is 0.0374. The van der Waals surface area contributed by atoms with Crippen molar-refractivity contribution < 1.29 is 9.53 Å². The van der Waals surface area contributed by atoms with Crippen LogP contribution in [-0.4, -0.2) is 37.7 Å². The molecule has 0 radical (unpaired) electrons. The molecule has 1 saturated carbocycles. The molecule has 1 aliphatic heterocycles. The lowest BCUT2D eigenvalue weighted by Gasteiger charge is -2.24. The van der Waals surface area contributed by atoms with Gasteiger partial charge in [0.15, 0.2) is 0 Å². The summed E-state index contributed by atoms with van der Waals surface area (Å²) >= 11 is 0. The summed E-state index contributed by atoms with van der Waals surface area (Å²) in [5.41, 5.74) is 0. The fourth-order valence-electron chi connectivity index (χ4n) is 2.66. The molecule has 0 aromatic rings. The number of hydrogen-bond acceptors (Lipinski definition) is 3.